The first-order valence-electron chi connectivity index (χ1n) is 4.31. The largest absolute Gasteiger partial charge is 0.464 e. The molecule has 1 heterocycles. The molecule has 6 heteroatoms. The van der Waals surface area contributed by atoms with Crippen molar-refractivity contribution in [3.63, 3.8) is 0 Å². The first-order valence-corrected chi connectivity index (χ1v) is 4.31. The third-order valence-electron chi connectivity index (χ3n) is 1.44. The van der Waals surface area contributed by atoms with E-state index >= 15 is 0 Å². The molecular formula is C9H12N4O2. The quantitative estimate of drug-likeness (QED) is 0.457. The van der Waals surface area contributed by atoms with Gasteiger partial charge >= 0.3 is 5.97 Å². The van der Waals surface area contributed by atoms with Crippen molar-refractivity contribution in [2.45, 2.75) is 13.8 Å². The summed E-state index contributed by atoms with van der Waals surface area (Å²) >= 11 is 0. The Hall–Kier alpha value is -1.98. The number of hydrogen-bond donors (Lipinski definition) is 1. The Morgan fingerprint density at radius 1 is 1.60 bits per heavy atom. The SMILES string of the molecule is COC(=O)c1cnc(C=NN=C(C)C)[nH]1. The average Bonchev–Trinajstić information content (AvgIpc) is 2.65. The number of aromatic amines is 1. The van der Waals surface area contributed by atoms with Crippen molar-refractivity contribution in [3.8, 4) is 0 Å². The number of esters is 1. The number of nitrogens with zero attached hydrogens (tertiary/aromatic N) is 3. The molecule has 0 fully saturated rings. The van der Waals surface area contributed by atoms with E-state index in [0.717, 1.165) is 5.71 Å². The Morgan fingerprint density at radius 2 is 2.33 bits per heavy atom. The molecule has 0 aliphatic heterocycles. The van der Waals surface area contributed by atoms with Crippen LogP contribution in [0.3, 0.4) is 0 Å². The van der Waals surface area contributed by atoms with Gasteiger partial charge in [0.05, 0.1) is 19.5 Å². The summed E-state index contributed by atoms with van der Waals surface area (Å²) < 4.78 is 4.51. The fourth-order valence-electron chi connectivity index (χ4n) is 0.815. The molecule has 0 saturated carbocycles. The highest BCUT2D eigenvalue weighted by Crippen LogP contribution is 1.97. The van der Waals surface area contributed by atoms with Gasteiger partial charge in [0.1, 0.15) is 5.69 Å². The van der Waals surface area contributed by atoms with Crippen LogP contribution in [0, 0.1) is 0 Å². The van der Waals surface area contributed by atoms with E-state index in [2.05, 4.69) is 24.9 Å². The predicted molar refractivity (Wildman–Crippen MR) is 56.3 cm³/mol. The summed E-state index contributed by atoms with van der Waals surface area (Å²) in [5, 5.41) is 7.56. The van der Waals surface area contributed by atoms with Gasteiger partial charge in [-0.3, -0.25) is 0 Å². The van der Waals surface area contributed by atoms with Gasteiger partial charge in [0.15, 0.2) is 5.82 Å². The Balaban J connectivity index is 2.73. The zero-order chi connectivity index (χ0) is 11.3. The molecule has 0 saturated heterocycles. The van der Waals surface area contributed by atoms with Crippen molar-refractivity contribution in [3.05, 3.63) is 17.7 Å². The molecule has 0 unspecified atom stereocenters. The molecule has 0 aliphatic rings. The van der Waals surface area contributed by atoms with Gasteiger partial charge in [0.2, 0.25) is 0 Å². The molecule has 0 atom stereocenters. The van der Waals surface area contributed by atoms with Crippen LogP contribution in [-0.2, 0) is 4.74 Å². The number of methoxy groups -OCH3 is 1. The second-order valence-electron chi connectivity index (χ2n) is 2.97. The number of ether oxygens (including phenoxy) is 1. The summed E-state index contributed by atoms with van der Waals surface area (Å²) in [5.41, 5.74) is 1.13. The van der Waals surface area contributed by atoms with Crippen LogP contribution >= 0.6 is 0 Å². The first-order chi connectivity index (χ1) is 7.13. The van der Waals surface area contributed by atoms with E-state index in [9.17, 15) is 4.79 Å². The molecule has 0 aromatic carbocycles. The molecular weight excluding hydrogens is 196 g/mol. The Kier molecular flexibility index (Phi) is 3.73. The van der Waals surface area contributed by atoms with Crippen molar-refractivity contribution in [2.24, 2.45) is 10.2 Å². The van der Waals surface area contributed by atoms with E-state index in [1.807, 2.05) is 13.8 Å². The maximum absolute atomic E-state index is 11.0. The van der Waals surface area contributed by atoms with Crippen LogP contribution in [0.15, 0.2) is 16.4 Å². The zero-order valence-electron chi connectivity index (χ0n) is 8.81. The number of rotatable bonds is 3. The molecule has 0 aliphatic carbocycles. The molecule has 15 heavy (non-hydrogen) atoms. The van der Waals surface area contributed by atoms with Gasteiger partial charge in [-0.05, 0) is 13.8 Å². The minimum Gasteiger partial charge on any atom is -0.464 e. The van der Waals surface area contributed by atoms with Crippen molar-refractivity contribution in [1.82, 2.24) is 9.97 Å². The van der Waals surface area contributed by atoms with E-state index < -0.39 is 5.97 Å². The average molecular weight is 208 g/mol. The number of nitrogens with one attached hydrogen (secondary N) is 1. The van der Waals surface area contributed by atoms with Crippen LogP contribution in [0.5, 0.6) is 0 Å². The van der Waals surface area contributed by atoms with Gasteiger partial charge in [-0.1, -0.05) is 0 Å². The molecule has 80 valence electrons. The molecule has 6 nitrogen and oxygen atoms in total. The third-order valence-corrected chi connectivity index (χ3v) is 1.44. The van der Waals surface area contributed by atoms with Crippen LogP contribution < -0.4 is 0 Å². The van der Waals surface area contributed by atoms with Gasteiger partial charge < -0.3 is 9.72 Å². The summed E-state index contributed by atoms with van der Waals surface area (Å²) in [4.78, 5) is 17.7. The van der Waals surface area contributed by atoms with E-state index in [-0.39, 0.29) is 5.69 Å². The maximum atomic E-state index is 11.0. The monoisotopic (exact) mass is 208 g/mol. The highest BCUT2D eigenvalue weighted by atomic mass is 16.5. The normalized spacial score (nSPS) is 10.3. The Bertz CT molecular complexity index is 402. The number of imidazole rings is 1. The minimum atomic E-state index is -0.461. The van der Waals surface area contributed by atoms with E-state index in [4.69, 9.17) is 0 Å². The molecule has 1 aromatic rings. The second kappa shape index (κ2) is 5.04. The lowest BCUT2D eigenvalue weighted by Gasteiger charge is -1.91. The molecule has 0 radical (unpaired) electrons. The molecule has 0 bridgehead atoms. The smallest absolute Gasteiger partial charge is 0.356 e. The van der Waals surface area contributed by atoms with Crippen LogP contribution in [0.1, 0.15) is 30.2 Å². The first kappa shape index (κ1) is 11.1. The zero-order valence-corrected chi connectivity index (χ0v) is 8.81. The van der Waals surface area contributed by atoms with Gasteiger partial charge in [-0.25, -0.2) is 9.78 Å². The maximum Gasteiger partial charge on any atom is 0.356 e. The molecule has 0 spiro atoms. The molecule has 1 rings (SSSR count). The number of aromatic nitrogens is 2. The fourth-order valence-corrected chi connectivity index (χ4v) is 0.815. The van der Waals surface area contributed by atoms with E-state index in [1.165, 1.54) is 19.5 Å². The van der Waals surface area contributed by atoms with Crippen molar-refractivity contribution in [2.75, 3.05) is 7.11 Å². The van der Waals surface area contributed by atoms with Crippen molar-refractivity contribution < 1.29 is 9.53 Å². The fraction of sp³-hybridized carbons (Fsp3) is 0.333. The summed E-state index contributed by atoms with van der Waals surface area (Å²) in [6, 6.07) is 0. The topological polar surface area (TPSA) is 79.7 Å². The van der Waals surface area contributed by atoms with Crippen molar-refractivity contribution >= 4 is 17.9 Å². The lowest BCUT2D eigenvalue weighted by atomic mass is 10.5. The third kappa shape index (κ3) is 3.34. The lowest BCUT2D eigenvalue weighted by molar-refractivity contribution is 0.0594. The van der Waals surface area contributed by atoms with Crippen LogP contribution in [0.2, 0.25) is 0 Å². The van der Waals surface area contributed by atoms with Crippen molar-refractivity contribution in [1.29, 1.82) is 0 Å². The van der Waals surface area contributed by atoms with Crippen LogP contribution in [-0.4, -0.2) is 35.0 Å². The van der Waals surface area contributed by atoms with Gasteiger partial charge in [0.25, 0.3) is 0 Å². The predicted octanol–water partition coefficient (Wildman–Crippen LogP) is 1.01. The number of hydrogen-bond acceptors (Lipinski definition) is 5. The number of carbonyl (C=O) groups is 1. The van der Waals surface area contributed by atoms with Crippen LogP contribution in [0.25, 0.3) is 0 Å². The summed E-state index contributed by atoms with van der Waals surface area (Å²) in [6.45, 7) is 3.67. The summed E-state index contributed by atoms with van der Waals surface area (Å²) in [7, 11) is 1.31. The summed E-state index contributed by atoms with van der Waals surface area (Å²) in [5.74, 6) is -0.00211. The Labute approximate surface area is 87.1 Å². The highest BCUT2D eigenvalue weighted by Gasteiger charge is 2.07. The molecule has 1 aromatic heterocycles. The minimum absolute atomic E-state index is 0.288. The standard InChI is InChI=1S/C9H12N4O2/c1-6(2)13-11-5-8-10-4-7(12-8)9(14)15-3/h4-5H,1-3H3,(H,10,12). The molecule has 1 N–H and O–H groups in total. The van der Waals surface area contributed by atoms with Gasteiger partial charge in [0, 0.05) is 5.71 Å². The van der Waals surface area contributed by atoms with E-state index in [1.54, 1.807) is 0 Å². The van der Waals surface area contributed by atoms with Crippen LogP contribution in [0.4, 0.5) is 0 Å². The highest BCUT2D eigenvalue weighted by molar-refractivity contribution is 5.88. The number of carbonyl (C=O) groups excluding carboxylic acids is 1. The van der Waals surface area contributed by atoms with Gasteiger partial charge in [-0.2, -0.15) is 10.2 Å². The second-order valence-corrected chi connectivity index (χ2v) is 2.97. The van der Waals surface area contributed by atoms with Gasteiger partial charge in [-0.15, -0.1) is 0 Å². The number of H-pyrrole nitrogens is 1. The summed E-state index contributed by atoms with van der Waals surface area (Å²) in [6.07, 6.45) is 2.81. The Morgan fingerprint density at radius 3 is 2.93 bits per heavy atom. The van der Waals surface area contributed by atoms with E-state index in [0.29, 0.717) is 5.82 Å². The molecule has 0 amide bonds. The lowest BCUT2D eigenvalue weighted by Crippen LogP contribution is -2.01.